The van der Waals surface area contributed by atoms with Gasteiger partial charge in [-0.15, -0.1) is 0 Å². The molecule has 0 saturated carbocycles. The summed E-state index contributed by atoms with van der Waals surface area (Å²) in [5.41, 5.74) is 4.56. The maximum absolute atomic E-state index is 13.0. The molecule has 0 bridgehead atoms. The monoisotopic (exact) mass is 392 g/mol. The second kappa shape index (κ2) is 7.61. The summed E-state index contributed by atoms with van der Waals surface area (Å²) in [4.78, 5) is 20.8. The summed E-state index contributed by atoms with van der Waals surface area (Å²) in [7, 11) is 0. The normalized spacial score (nSPS) is 19.7. The maximum atomic E-state index is 13.0. The second-order valence-corrected chi connectivity index (χ2v) is 8.02. The lowest BCUT2D eigenvalue weighted by molar-refractivity contribution is 0.0600. The molecular formula is C23H25FN4O. The van der Waals surface area contributed by atoms with E-state index in [9.17, 15) is 9.18 Å². The van der Waals surface area contributed by atoms with E-state index in [1.165, 1.54) is 46.4 Å². The van der Waals surface area contributed by atoms with E-state index >= 15 is 0 Å². The average Bonchev–Trinajstić information content (AvgIpc) is 3.10. The molecule has 0 aliphatic carbocycles. The lowest BCUT2D eigenvalue weighted by Gasteiger charge is -2.44. The van der Waals surface area contributed by atoms with Crippen LogP contribution in [0, 0.1) is 5.82 Å². The van der Waals surface area contributed by atoms with Crippen molar-refractivity contribution >= 4 is 16.8 Å². The van der Waals surface area contributed by atoms with Gasteiger partial charge in [-0.3, -0.25) is 14.6 Å². The highest BCUT2D eigenvalue weighted by molar-refractivity contribution is 5.94. The molecule has 0 spiro atoms. The van der Waals surface area contributed by atoms with Gasteiger partial charge in [0.05, 0.1) is 0 Å². The molecule has 1 amide bonds. The van der Waals surface area contributed by atoms with Gasteiger partial charge in [0, 0.05) is 67.5 Å². The average molecular weight is 392 g/mol. The Kier molecular flexibility index (Phi) is 4.81. The summed E-state index contributed by atoms with van der Waals surface area (Å²) >= 11 is 0. The largest absolute Gasteiger partial charge is 0.357 e. The molecule has 5 nitrogen and oxygen atoms in total. The number of piperazine rings is 1. The molecule has 2 N–H and O–H groups in total. The quantitative estimate of drug-likeness (QED) is 0.718. The van der Waals surface area contributed by atoms with Gasteiger partial charge in [0.1, 0.15) is 5.82 Å². The van der Waals surface area contributed by atoms with Crippen LogP contribution in [0.3, 0.4) is 0 Å². The van der Waals surface area contributed by atoms with Crippen molar-refractivity contribution in [3.63, 3.8) is 0 Å². The fraction of sp³-hybridized carbons (Fsp3) is 0.348. The van der Waals surface area contributed by atoms with Gasteiger partial charge in [0.25, 0.3) is 5.91 Å². The second-order valence-electron chi connectivity index (χ2n) is 8.02. The minimum Gasteiger partial charge on any atom is -0.357 e. The summed E-state index contributed by atoms with van der Waals surface area (Å²) in [5, 5.41) is 4.30. The van der Waals surface area contributed by atoms with Crippen molar-refractivity contribution in [2.75, 3.05) is 32.7 Å². The molecular weight excluding hydrogens is 367 g/mol. The van der Waals surface area contributed by atoms with Gasteiger partial charge >= 0.3 is 0 Å². The van der Waals surface area contributed by atoms with Crippen LogP contribution in [-0.2, 0) is 13.0 Å². The first-order valence-electron chi connectivity index (χ1n) is 10.3. The minimum atomic E-state index is -0.328. The molecule has 1 aromatic heterocycles. The van der Waals surface area contributed by atoms with Crippen LogP contribution in [0.15, 0.2) is 48.5 Å². The number of carbonyl (C=O) groups excluding carboxylic acids is 1. The Bertz CT molecular complexity index is 1030. The van der Waals surface area contributed by atoms with Crippen LogP contribution < -0.4 is 5.32 Å². The van der Waals surface area contributed by atoms with Gasteiger partial charge in [-0.1, -0.05) is 18.2 Å². The third-order valence-electron chi connectivity index (χ3n) is 6.21. The highest BCUT2D eigenvalue weighted by atomic mass is 19.1. The number of nitrogens with zero attached hydrogens (tertiary/aromatic N) is 2. The van der Waals surface area contributed by atoms with Crippen LogP contribution in [0.1, 0.15) is 21.6 Å². The van der Waals surface area contributed by atoms with E-state index in [-0.39, 0.29) is 11.7 Å². The molecule has 0 radical (unpaired) electrons. The Balaban J connectivity index is 1.18. The van der Waals surface area contributed by atoms with Gasteiger partial charge in [-0.05, 0) is 42.3 Å². The molecule has 5 rings (SSSR count). The lowest BCUT2D eigenvalue weighted by atomic mass is 9.95. The number of H-pyrrole nitrogens is 1. The van der Waals surface area contributed by atoms with E-state index < -0.39 is 0 Å². The van der Waals surface area contributed by atoms with Crippen LogP contribution in [-0.4, -0.2) is 59.5 Å². The number of hydrogen-bond acceptors (Lipinski definition) is 3. The molecule has 29 heavy (non-hydrogen) atoms. The first-order chi connectivity index (χ1) is 14.2. The molecule has 3 heterocycles. The zero-order valence-electron chi connectivity index (χ0n) is 16.3. The van der Waals surface area contributed by atoms with E-state index in [2.05, 4.69) is 44.4 Å². The van der Waals surface area contributed by atoms with E-state index in [0.29, 0.717) is 18.2 Å². The van der Waals surface area contributed by atoms with Crippen LogP contribution in [0.25, 0.3) is 10.9 Å². The molecule has 3 aromatic rings. The number of aromatic amines is 1. The Hall–Kier alpha value is -2.70. The lowest BCUT2D eigenvalue weighted by Crippen LogP contribution is -2.56. The summed E-state index contributed by atoms with van der Waals surface area (Å²) < 4.78 is 13.0. The molecule has 1 saturated heterocycles. The Morgan fingerprint density at radius 2 is 1.97 bits per heavy atom. The van der Waals surface area contributed by atoms with Gasteiger partial charge in [0.15, 0.2) is 0 Å². The van der Waals surface area contributed by atoms with Crippen molar-refractivity contribution in [3.05, 3.63) is 71.2 Å². The van der Waals surface area contributed by atoms with Crippen molar-refractivity contribution in [2.24, 2.45) is 0 Å². The fourth-order valence-electron chi connectivity index (χ4n) is 4.66. The molecule has 6 heteroatoms. The molecule has 2 aromatic carbocycles. The van der Waals surface area contributed by atoms with E-state index in [1.807, 2.05) is 0 Å². The van der Waals surface area contributed by atoms with E-state index in [1.54, 1.807) is 0 Å². The van der Waals surface area contributed by atoms with Gasteiger partial charge in [-0.2, -0.15) is 0 Å². The van der Waals surface area contributed by atoms with Crippen molar-refractivity contribution in [3.8, 4) is 0 Å². The van der Waals surface area contributed by atoms with Crippen molar-refractivity contribution in [1.29, 1.82) is 0 Å². The number of nitrogens with one attached hydrogen (secondary N) is 2. The molecule has 1 atom stereocenters. The number of para-hydroxylation sites is 1. The maximum Gasteiger partial charge on any atom is 0.251 e. The summed E-state index contributed by atoms with van der Waals surface area (Å²) in [6.07, 6.45) is 1.07. The fourth-order valence-corrected chi connectivity index (χ4v) is 4.66. The van der Waals surface area contributed by atoms with Crippen LogP contribution >= 0.6 is 0 Å². The molecule has 1 unspecified atom stereocenters. The minimum absolute atomic E-state index is 0.148. The van der Waals surface area contributed by atoms with E-state index in [4.69, 9.17) is 0 Å². The predicted molar refractivity (Wildman–Crippen MR) is 111 cm³/mol. The molecule has 150 valence electrons. The van der Waals surface area contributed by atoms with Crippen LogP contribution in [0.5, 0.6) is 0 Å². The highest BCUT2D eigenvalue weighted by Crippen LogP contribution is 2.31. The first-order valence-corrected chi connectivity index (χ1v) is 10.3. The van der Waals surface area contributed by atoms with E-state index in [0.717, 1.165) is 39.1 Å². The number of carbonyl (C=O) groups is 1. The number of amides is 1. The number of hydrogen-bond donors (Lipinski definition) is 2. The third-order valence-corrected chi connectivity index (χ3v) is 6.21. The van der Waals surface area contributed by atoms with Crippen molar-refractivity contribution < 1.29 is 9.18 Å². The summed E-state index contributed by atoms with van der Waals surface area (Å²) in [6.45, 7) is 5.50. The Morgan fingerprint density at radius 1 is 1.14 bits per heavy atom. The summed E-state index contributed by atoms with van der Waals surface area (Å²) in [5.74, 6) is -0.477. The molecule has 1 fully saturated rings. The number of fused-ring (bicyclic) bond motifs is 4. The number of rotatable bonds is 4. The zero-order valence-corrected chi connectivity index (χ0v) is 16.3. The Morgan fingerprint density at radius 3 is 2.83 bits per heavy atom. The molecule has 2 aliphatic rings. The SMILES string of the molecule is O=C(NCCN1CCN2Cc3[nH]c4ccccc4c3CC2C1)c1ccc(F)cc1. The smallest absolute Gasteiger partial charge is 0.251 e. The van der Waals surface area contributed by atoms with Gasteiger partial charge in [-0.25, -0.2) is 4.39 Å². The van der Waals surface area contributed by atoms with Crippen LogP contribution in [0.4, 0.5) is 4.39 Å². The predicted octanol–water partition coefficient (Wildman–Crippen LogP) is 2.78. The number of halogens is 1. The third kappa shape index (κ3) is 3.66. The van der Waals surface area contributed by atoms with Gasteiger partial charge < -0.3 is 10.3 Å². The van der Waals surface area contributed by atoms with Crippen molar-refractivity contribution in [2.45, 2.75) is 19.0 Å². The zero-order chi connectivity index (χ0) is 19.8. The highest BCUT2D eigenvalue weighted by Gasteiger charge is 2.33. The molecule has 2 aliphatic heterocycles. The first kappa shape index (κ1) is 18.3. The summed E-state index contributed by atoms with van der Waals surface area (Å²) in [6, 6.07) is 14.7. The van der Waals surface area contributed by atoms with Gasteiger partial charge in [0.2, 0.25) is 0 Å². The number of benzene rings is 2. The van der Waals surface area contributed by atoms with Crippen LogP contribution in [0.2, 0.25) is 0 Å². The Labute approximate surface area is 169 Å². The number of aromatic nitrogens is 1. The topological polar surface area (TPSA) is 51.4 Å². The standard InChI is InChI=1S/C23H25FN4O/c24-17-7-5-16(6-8-17)23(29)25-9-10-27-11-12-28-15-22-20(13-18(28)14-27)19-3-1-2-4-21(19)26-22/h1-8,18,26H,9-15H2,(H,25,29). The van der Waals surface area contributed by atoms with Crippen molar-refractivity contribution in [1.82, 2.24) is 20.1 Å².